The Morgan fingerprint density at radius 2 is 1.79 bits per heavy atom. The second-order valence-corrected chi connectivity index (χ2v) is 3.21. The number of alkyl halides is 6. The van der Waals surface area contributed by atoms with E-state index in [1.807, 2.05) is 0 Å². The molecule has 1 rings (SSSR count). The van der Waals surface area contributed by atoms with Crippen molar-refractivity contribution in [3.8, 4) is 11.6 Å². The molecule has 10 heteroatoms. The van der Waals surface area contributed by atoms with Crippen molar-refractivity contribution in [2.24, 2.45) is 0 Å². The van der Waals surface area contributed by atoms with Gasteiger partial charge in [0.1, 0.15) is 0 Å². The summed E-state index contributed by atoms with van der Waals surface area (Å²) < 4.78 is 81.4. The number of aliphatic hydroxyl groups excluding tert-OH is 1. The second kappa shape index (κ2) is 5.11. The summed E-state index contributed by atoms with van der Waals surface area (Å²) in [5.74, 6) is -2.19. The van der Waals surface area contributed by atoms with E-state index < -0.39 is 42.0 Å². The van der Waals surface area contributed by atoms with Crippen molar-refractivity contribution >= 4 is 0 Å². The molecule has 108 valence electrons. The molecule has 0 fully saturated rings. The van der Waals surface area contributed by atoms with Crippen LogP contribution in [0.5, 0.6) is 11.6 Å². The summed E-state index contributed by atoms with van der Waals surface area (Å²) >= 11 is 0. The van der Waals surface area contributed by atoms with Crippen LogP contribution >= 0.6 is 0 Å². The van der Waals surface area contributed by atoms with Gasteiger partial charge in [-0.3, -0.25) is 0 Å². The van der Waals surface area contributed by atoms with E-state index in [0.29, 0.717) is 6.07 Å². The first kappa shape index (κ1) is 15.3. The molecule has 4 nitrogen and oxygen atoms in total. The normalized spacial score (nSPS) is 12.4. The van der Waals surface area contributed by atoms with Crippen molar-refractivity contribution in [2.45, 2.75) is 19.1 Å². The Bertz CT molecular complexity index is 456. The molecule has 1 heterocycles. The molecule has 0 amide bonds. The molecule has 19 heavy (non-hydrogen) atoms. The molecule has 1 N–H and O–H groups in total. The third kappa shape index (κ3) is 3.88. The quantitative estimate of drug-likeness (QED) is 0.869. The van der Waals surface area contributed by atoms with Crippen molar-refractivity contribution in [3.63, 3.8) is 0 Å². The van der Waals surface area contributed by atoms with E-state index in [9.17, 15) is 26.3 Å². The SMILES string of the molecule is COc1c(CO)cc(OC(F)(F)F)nc1C(F)(F)F. The van der Waals surface area contributed by atoms with Gasteiger partial charge in [0.15, 0.2) is 11.4 Å². The van der Waals surface area contributed by atoms with Crippen molar-refractivity contribution in [2.75, 3.05) is 7.11 Å². The van der Waals surface area contributed by atoms with Crippen LogP contribution in [0.3, 0.4) is 0 Å². The maximum Gasteiger partial charge on any atom is 0.574 e. The van der Waals surface area contributed by atoms with Gasteiger partial charge in [0.2, 0.25) is 5.88 Å². The van der Waals surface area contributed by atoms with Gasteiger partial charge in [-0.25, -0.2) is 4.98 Å². The molecular weight excluding hydrogens is 284 g/mol. The summed E-state index contributed by atoms with van der Waals surface area (Å²) in [5, 5.41) is 8.85. The van der Waals surface area contributed by atoms with Gasteiger partial charge in [-0.1, -0.05) is 0 Å². The summed E-state index contributed by atoms with van der Waals surface area (Å²) in [6, 6.07) is 0.515. The predicted molar refractivity (Wildman–Crippen MR) is 48.4 cm³/mol. The molecule has 0 radical (unpaired) electrons. The van der Waals surface area contributed by atoms with Gasteiger partial charge >= 0.3 is 12.5 Å². The molecule has 0 atom stereocenters. The molecule has 1 aromatic rings. The van der Waals surface area contributed by atoms with Gasteiger partial charge in [-0.2, -0.15) is 13.2 Å². The lowest BCUT2D eigenvalue weighted by atomic mass is 10.2. The minimum absolute atomic E-state index is 0.515. The highest BCUT2D eigenvalue weighted by atomic mass is 19.4. The number of hydrogen-bond donors (Lipinski definition) is 1. The number of ether oxygens (including phenoxy) is 2. The molecule has 0 bridgehead atoms. The Morgan fingerprint density at radius 3 is 2.16 bits per heavy atom. The Morgan fingerprint density at radius 1 is 1.21 bits per heavy atom. The lowest BCUT2D eigenvalue weighted by Crippen LogP contribution is -2.20. The van der Waals surface area contributed by atoms with E-state index in [0.717, 1.165) is 7.11 Å². The van der Waals surface area contributed by atoms with Crippen LogP contribution in [0.15, 0.2) is 6.07 Å². The number of pyridine rings is 1. The molecule has 0 saturated heterocycles. The Hall–Kier alpha value is -1.71. The third-order valence-electron chi connectivity index (χ3n) is 1.89. The lowest BCUT2D eigenvalue weighted by Gasteiger charge is -2.16. The van der Waals surface area contributed by atoms with Crippen LogP contribution in [0.2, 0.25) is 0 Å². The van der Waals surface area contributed by atoms with E-state index in [2.05, 4.69) is 14.5 Å². The van der Waals surface area contributed by atoms with Gasteiger partial charge in [0, 0.05) is 11.6 Å². The zero-order chi connectivity index (χ0) is 14.8. The number of nitrogens with zero attached hydrogens (tertiary/aromatic N) is 1. The maximum atomic E-state index is 12.6. The Labute approximate surface area is 102 Å². The monoisotopic (exact) mass is 291 g/mol. The predicted octanol–water partition coefficient (Wildman–Crippen LogP) is 2.50. The molecule has 0 aliphatic heterocycles. The van der Waals surface area contributed by atoms with Crippen molar-refractivity contribution in [1.29, 1.82) is 0 Å². The van der Waals surface area contributed by atoms with Crippen molar-refractivity contribution in [3.05, 3.63) is 17.3 Å². The highest BCUT2D eigenvalue weighted by Gasteiger charge is 2.40. The topological polar surface area (TPSA) is 51.6 Å². The van der Waals surface area contributed by atoms with E-state index in [4.69, 9.17) is 5.11 Å². The van der Waals surface area contributed by atoms with E-state index in [1.54, 1.807) is 0 Å². The minimum Gasteiger partial charge on any atom is -0.494 e. The van der Waals surface area contributed by atoms with Crippen LogP contribution in [0.25, 0.3) is 0 Å². The molecule has 0 aromatic carbocycles. The number of hydrogen-bond acceptors (Lipinski definition) is 4. The molecule has 0 spiro atoms. The molecule has 0 saturated carbocycles. The van der Waals surface area contributed by atoms with Crippen LogP contribution in [-0.2, 0) is 12.8 Å². The zero-order valence-corrected chi connectivity index (χ0v) is 9.26. The molecular formula is C9H7F6NO3. The van der Waals surface area contributed by atoms with Gasteiger partial charge in [0.25, 0.3) is 0 Å². The fourth-order valence-corrected chi connectivity index (χ4v) is 1.27. The number of aliphatic hydroxyl groups is 1. The molecule has 0 aliphatic carbocycles. The summed E-state index contributed by atoms with van der Waals surface area (Å²) in [4.78, 5) is 2.71. The number of rotatable bonds is 3. The van der Waals surface area contributed by atoms with E-state index >= 15 is 0 Å². The zero-order valence-electron chi connectivity index (χ0n) is 9.26. The Kier molecular flexibility index (Phi) is 4.13. The van der Waals surface area contributed by atoms with Gasteiger partial charge in [-0.15, -0.1) is 13.2 Å². The smallest absolute Gasteiger partial charge is 0.494 e. The van der Waals surface area contributed by atoms with E-state index in [1.165, 1.54) is 0 Å². The van der Waals surface area contributed by atoms with Crippen LogP contribution in [0.1, 0.15) is 11.3 Å². The van der Waals surface area contributed by atoms with Crippen molar-refractivity contribution < 1.29 is 40.9 Å². The summed E-state index contributed by atoms with van der Waals surface area (Å²) in [5.41, 5.74) is -2.23. The van der Waals surface area contributed by atoms with Crippen LogP contribution in [0.4, 0.5) is 26.3 Å². The van der Waals surface area contributed by atoms with Gasteiger partial charge in [-0.05, 0) is 0 Å². The third-order valence-corrected chi connectivity index (χ3v) is 1.89. The second-order valence-electron chi connectivity index (χ2n) is 3.21. The summed E-state index contributed by atoms with van der Waals surface area (Å²) in [6.07, 6.45) is -10.3. The van der Waals surface area contributed by atoms with E-state index in [-0.39, 0.29) is 0 Å². The average Bonchev–Trinajstić information content (AvgIpc) is 2.24. The highest BCUT2D eigenvalue weighted by Crippen LogP contribution is 2.39. The first-order valence-electron chi connectivity index (χ1n) is 4.60. The van der Waals surface area contributed by atoms with Crippen molar-refractivity contribution in [1.82, 2.24) is 4.98 Å². The number of aromatic nitrogens is 1. The van der Waals surface area contributed by atoms with Crippen LogP contribution < -0.4 is 9.47 Å². The largest absolute Gasteiger partial charge is 0.574 e. The number of halogens is 6. The van der Waals surface area contributed by atoms with Gasteiger partial charge < -0.3 is 14.6 Å². The fourth-order valence-electron chi connectivity index (χ4n) is 1.27. The Balaban J connectivity index is 3.39. The van der Waals surface area contributed by atoms with Gasteiger partial charge in [0.05, 0.1) is 13.7 Å². The minimum atomic E-state index is -5.20. The molecule has 0 unspecified atom stereocenters. The molecule has 0 aliphatic rings. The average molecular weight is 291 g/mol. The fraction of sp³-hybridized carbons (Fsp3) is 0.444. The van der Waals surface area contributed by atoms with Crippen LogP contribution in [-0.4, -0.2) is 23.6 Å². The van der Waals surface area contributed by atoms with Crippen LogP contribution in [0, 0.1) is 0 Å². The first-order chi connectivity index (χ1) is 8.58. The number of methoxy groups -OCH3 is 1. The summed E-state index contributed by atoms with van der Waals surface area (Å²) in [7, 11) is 0.871. The summed E-state index contributed by atoms with van der Waals surface area (Å²) in [6.45, 7) is -0.969. The molecule has 1 aromatic heterocycles. The standard InChI is InChI=1S/C9H7F6NO3/c1-18-6-4(3-17)2-5(19-9(13,14)15)16-7(6)8(10,11)12/h2,17H,3H2,1H3. The maximum absolute atomic E-state index is 12.6. The first-order valence-corrected chi connectivity index (χ1v) is 4.60. The highest BCUT2D eigenvalue weighted by molar-refractivity contribution is 5.42. The lowest BCUT2D eigenvalue weighted by molar-refractivity contribution is -0.276.